The number of rotatable bonds is 4. The van der Waals surface area contributed by atoms with E-state index in [9.17, 15) is 9.59 Å². The van der Waals surface area contributed by atoms with Crippen molar-refractivity contribution in [2.75, 3.05) is 7.05 Å². The molecule has 0 radical (unpaired) electrons. The molecule has 0 aromatic heterocycles. The Balaban J connectivity index is 1.64. The summed E-state index contributed by atoms with van der Waals surface area (Å²) in [6.07, 6.45) is 6.34. The molecule has 0 saturated carbocycles. The van der Waals surface area contributed by atoms with Crippen LogP contribution in [0, 0.1) is 0 Å². The number of nitrogens with one attached hydrogen (secondary N) is 3. The van der Waals surface area contributed by atoms with E-state index >= 15 is 0 Å². The van der Waals surface area contributed by atoms with E-state index in [-0.39, 0.29) is 17.1 Å². The summed E-state index contributed by atoms with van der Waals surface area (Å²) in [6.45, 7) is 3.69. The lowest BCUT2D eigenvalue weighted by atomic mass is 9.99. The molecular formula is C23H25ClN4O2. The number of halogens is 1. The predicted molar refractivity (Wildman–Crippen MR) is 119 cm³/mol. The fourth-order valence-corrected chi connectivity index (χ4v) is 3.62. The van der Waals surface area contributed by atoms with Crippen LogP contribution < -0.4 is 16.0 Å². The summed E-state index contributed by atoms with van der Waals surface area (Å²) in [5, 5.41) is 8.51. The second-order valence-electron chi connectivity index (χ2n) is 7.13. The number of hydrogen-bond acceptors (Lipinski definition) is 3. The number of carbonyl (C=O) groups excluding carboxylic acids is 2. The maximum absolute atomic E-state index is 12.8. The van der Waals surface area contributed by atoms with Gasteiger partial charge in [0.25, 0.3) is 5.91 Å². The van der Waals surface area contributed by atoms with Gasteiger partial charge in [0.15, 0.2) is 5.84 Å². The van der Waals surface area contributed by atoms with Gasteiger partial charge in [-0.25, -0.2) is 0 Å². The van der Waals surface area contributed by atoms with Crippen LogP contribution in [0.25, 0.3) is 0 Å². The molecule has 156 valence electrons. The minimum absolute atomic E-state index is 0.103. The highest BCUT2D eigenvalue weighted by atomic mass is 35.5. The van der Waals surface area contributed by atoms with Gasteiger partial charge in [-0.3, -0.25) is 14.6 Å². The second kappa shape index (κ2) is 10.1. The normalized spacial score (nSPS) is 21.1. The molecule has 1 aromatic rings. The summed E-state index contributed by atoms with van der Waals surface area (Å²) in [7, 11) is 1.52. The first-order valence-corrected chi connectivity index (χ1v) is 10.3. The lowest BCUT2D eigenvalue weighted by molar-refractivity contribution is -0.126. The van der Waals surface area contributed by atoms with Crippen molar-refractivity contribution < 1.29 is 9.59 Å². The molecule has 1 aliphatic carbocycles. The van der Waals surface area contributed by atoms with Crippen LogP contribution in [0.5, 0.6) is 0 Å². The molecule has 2 aliphatic rings. The van der Waals surface area contributed by atoms with Crippen LogP contribution in [0.15, 0.2) is 76.8 Å². The van der Waals surface area contributed by atoms with Crippen LogP contribution in [-0.4, -0.2) is 36.1 Å². The van der Waals surface area contributed by atoms with Crippen molar-refractivity contribution >= 4 is 29.3 Å². The molecule has 1 saturated heterocycles. The van der Waals surface area contributed by atoms with Crippen LogP contribution in [-0.2, 0) is 16.0 Å². The Bertz CT molecular complexity index is 959. The lowest BCUT2D eigenvalue weighted by Crippen LogP contribution is -2.50. The molecular weight excluding hydrogens is 400 g/mol. The summed E-state index contributed by atoms with van der Waals surface area (Å²) in [6, 6.07) is 9.11. The SMILES string of the molecule is C=C=C(Cc1ccccc1)NC(=NC)C(=O)NC1CCC2=CCC(Cl)C=C2NC1=O. The summed E-state index contributed by atoms with van der Waals surface area (Å²) >= 11 is 6.16. The Hall–Kier alpha value is -3.08. The number of amidine groups is 1. The van der Waals surface area contributed by atoms with Gasteiger partial charge in [0.1, 0.15) is 6.04 Å². The first-order valence-electron chi connectivity index (χ1n) is 9.83. The van der Waals surface area contributed by atoms with Gasteiger partial charge in [-0.2, -0.15) is 0 Å². The predicted octanol–water partition coefficient (Wildman–Crippen LogP) is 2.73. The Kier molecular flexibility index (Phi) is 7.28. The summed E-state index contributed by atoms with van der Waals surface area (Å²) in [5.74, 6) is -0.615. The van der Waals surface area contributed by atoms with Gasteiger partial charge in [-0.1, -0.05) is 43.0 Å². The van der Waals surface area contributed by atoms with Crippen LogP contribution in [0.1, 0.15) is 24.8 Å². The molecule has 1 aromatic carbocycles. The number of fused-ring (bicyclic) bond motifs is 1. The highest BCUT2D eigenvalue weighted by Crippen LogP contribution is 2.26. The van der Waals surface area contributed by atoms with Crippen LogP contribution >= 0.6 is 11.6 Å². The quantitative estimate of drug-likeness (QED) is 0.301. The Morgan fingerprint density at radius 2 is 2.13 bits per heavy atom. The van der Waals surface area contributed by atoms with E-state index in [1.165, 1.54) is 7.05 Å². The largest absolute Gasteiger partial charge is 0.338 e. The minimum atomic E-state index is -0.664. The number of alkyl halides is 1. The van der Waals surface area contributed by atoms with Crippen molar-refractivity contribution in [2.45, 2.75) is 37.1 Å². The zero-order valence-corrected chi connectivity index (χ0v) is 17.6. The fourth-order valence-electron chi connectivity index (χ4n) is 3.40. The van der Waals surface area contributed by atoms with Gasteiger partial charge in [-0.05, 0) is 36.5 Å². The highest BCUT2D eigenvalue weighted by molar-refractivity contribution is 6.38. The Labute approximate surface area is 181 Å². The summed E-state index contributed by atoms with van der Waals surface area (Å²) < 4.78 is 0. The van der Waals surface area contributed by atoms with E-state index in [1.807, 2.05) is 42.5 Å². The number of aliphatic imine (C=N–C) groups is 1. The van der Waals surface area contributed by atoms with E-state index in [0.717, 1.165) is 23.3 Å². The first-order chi connectivity index (χ1) is 14.5. The van der Waals surface area contributed by atoms with Crippen molar-refractivity contribution in [1.29, 1.82) is 0 Å². The van der Waals surface area contributed by atoms with Gasteiger partial charge in [0.05, 0.1) is 11.1 Å². The standard InChI is InChI=1S/C23H25ClN4O2/c1-3-18(13-15-7-5-4-6-8-15)26-21(25-2)23(30)27-19-12-10-16-9-11-17(24)14-20(16)28-22(19)29/h4-9,14,17,19H,1,10-13H2,2H3,(H,25,26)(H,27,30)(H,28,29). The molecule has 30 heavy (non-hydrogen) atoms. The number of benzene rings is 1. The molecule has 3 N–H and O–H groups in total. The number of carbonyl (C=O) groups is 2. The summed E-state index contributed by atoms with van der Waals surface area (Å²) in [5.41, 5.74) is 6.29. The average Bonchev–Trinajstić information content (AvgIpc) is 2.89. The van der Waals surface area contributed by atoms with Crippen molar-refractivity contribution in [3.63, 3.8) is 0 Å². The van der Waals surface area contributed by atoms with Gasteiger partial charge in [0.2, 0.25) is 5.91 Å². The summed E-state index contributed by atoms with van der Waals surface area (Å²) in [4.78, 5) is 29.4. The van der Waals surface area contributed by atoms with E-state index in [1.54, 1.807) is 0 Å². The Morgan fingerprint density at radius 1 is 1.37 bits per heavy atom. The Morgan fingerprint density at radius 3 is 2.83 bits per heavy atom. The molecule has 6 nitrogen and oxygen atoms in total. The molecule has 1 fully saturated rings. The minimum Gasteiger partial charge on any atom is -0.338 e. The monoisotopic (exact) mass is 424 g/mol. The van der Waals surface area contributed by atoms with Crippen molar-refractivity contribution in [3.8, 4) is 0 Å². The van der Waals surface area contributed by atoms with Gasteiger partial charge >= 0.3 is 0 Å². The van der Waals surface area contributed by atoms with Crippen LogP contribution in [0.4, 0.5) is 0 Å². The van der Waals surface area contributed by atoms with Gasteiger partial charge < -0.3 is 16.0 Å². The van der Waals surface area contributed by atoms with Gasteiger partial charge in [-0.15, -0.1) is 17.3 Å². The zero-order valence-electron chi connectivity index (χ0n) is 16.9. The van der Waals surface area contributed by atoms with E-state index in [4.69, 9.17) is 11.6 Å². The topological polar surface area (TPSA) is 82.6 Å². The number of amides is 2. The molecule has 1 aliphatic heterocycles. The second-order valence-corrected chi connectivity index (χ2v) is 7.69. The first kappa shape index (κ1) is 21.6. The zero-order chi connectivity index (χ0) is 21.5. The van der Waals surface area contributed by atoms with Crippen molar-refractivity contribution in [3.05, 3.63) is 77.3 Å². The van der Waals surface area contributed by atoms with E-state index in [0.29, 0.717) is 25.0 Å². The van der Waals surface area contributed by atoms with Gasteiger partial charge in [0, 0.05) is 19.2 Å². The molecule has 2 atom stereocenters. The molecule has 2 amide bonds. The third-order valence-electron chi connectivity index (χ3n) is 5.01. The number of allylic oxidation sites excluding steroid dienone is 4. The molecule has 3 rings (SSSR count). The fraction of sp³-hybridized carbons (Fsp3) is 0.304. The molecule has 7 heteroatoms. The molecule has 2 unspecified atom stereocenters. The van der Waals surface area contributed by atoms with Crippen LogP contribution in [0.2, 0.25) is 0 Å². The van der Waals surface area contributed by atoms with Crippen molar-refractivity contribution in [1.82, 2.24) is 16.0 Å². The molecule has 1 heterocycles. The maximum atomic E-state index is 12.8. The molecule has 0 bridgehead atoms. The third kappa shape index (κ3) is 5.50. The number of hydrogen-bond donors (Lipinski definition) is 3. The lowest BCUT2D eigenvalue weighted by Gasteiger charge is -2.18. The van der Waals surface area contributed by atoms with E-state index < -0.39 is 11.9 Å². The van der Waals surface area contributed by atoms with E-state index in [2.05, 4.69) is 33.3 Å². The maximum Gasteiger partial charge on any atom is 0.287 e. The smallest absolute Gasteiger partial charge is 0.287 e. The average molecular weight is 425 g/mol. The third-order valence-corrected chi connectivity index (χ3v) is 5.31. The molecule has 0 spiro atoms. The van der Waals surface area contributed by atoms with Crippen LogP contribution in [0.3, 0.4) is 0 Å². The van der Waals surface area contributed by atoms with Crippen molar-refractivity contribution in [2.24, 2.45) is 4.99 Å². The highest BCUT2D eigenvalue weighted by Gasteiger charge is 2.29. The number of nitrogens with zero attached hydrogens (tertiary/aromatic N) is 1.